The summed E-state index contributed by atoms with van der Waals surface area (Å²) in [4.78, 5) is 12.5. The quantitative estimate of drug-likeness (QED) is 0.602. The van der Waals surface area contributed by atoms with Crippen LogP contribution in [0.1, 0.15) is 63.0 Å². The zero-order valence-corrected chi connectivity index (χ0v) is 20.5. The van der Waals surface area contributed by atoms with E-state index in [-0.39, 0.29) is 0 Å². The van der Waals surface area contributed by atoms with E-state index < -0.39 is 0 Å². The van der Waals surface area contributed by atoms with Crippen molar-refractivity contribution in [3.8, 4) is 5.75 Å². The van der Waals surface area contributed by atoms with Gasteiger partial charge in [-0.3, -0.25) is 0 Å². The lowest BCUT2D eigenvalue weighted by atomic mass is 9.99. The summed E-state index contributed by atoms with van der Waals surface area (Å²) in [6.45, 7) is 9.87. The summed E-state index contributed by atoms with van der Waals surface area (Å²) in [5.41, 5.74) is 3.16. The van der Waals surface area contributed by atoms with E-state index in [9.17, 15) is 0 Å². The number of aromatic nitrogens is 4. The highest BCUT2D eigenvalue weighted by Crippen LogP contribution is 2.26. The maximum atomic E-state index is 6.14. The van der Waals surface area contributed by atoms with Crippen LogP contribution in [-0.2, 0) is 6.54 Å². The lowest BCUT2D eigenvalue weighted by molar-refractivity contribution is 0.302. The lowest BCUT2D eigenvalue weighted by Gasteiger charge is -2.30. The summed E-state index contributed by atoms with van der Waals surface area (Å²) < 4.78 is 8.00. The Hall–Kier alpha value is -2.87. The zero-order chi connectivity index (χ0) is 23.3. The van der Waals surface area contributed by atoms with Crippen LogP contribution in [0.2, 0.25) is 0 Å². The summed E-state index contributed by atoms with van der Waals surface area (Å²) >= 11 is 0. The number of rotatable bonds is 3. The molecule has 2 bridgehead atoms. The van der Waals surface area contributed by atoms with Crippen molar-refractivity contribution in [1.29, 1.82) is 0 Å². The van der Waals surface area contributed by atoms with Gasteiger partial charge in [-0.25, -0.2) is 0 Å². The van der Waals surface area contributed by atoms with Gasteiger partial charge < -0.3 is 20.3 Å². The highest BCUT2D eigenvalue weighted by Gasteiger charge is 2.22. The van der Waals surface area contributed by atoms with Crippen molar-refractivity contribution in [2.45, 2.75) is 58.4 Å². The van der Waals surface area contributed by atoms with Crippen molar-refractivity contribution in [2.75, 3.05) is 43.0 Å². The van der Waals surface area contributed by atoms with E-state index >= 15 is 0 Å². The fourth-order valence-corrected chi connectivity index (χ4v) is 4.94. The Kier molecular flexibility index (Phi) is 7.13. The van der Waals surface area contributed by atoms with E-state index in [0.717, 1.165) is 86.5 Å². The number of ether oxygens (including phenoxy) is 1. The molecule has 0 radical (unpaired) electrons. The van der Waals surface area contributed by atoms with Crippen molar-refractivity contribution in [3.63, 3.8) is 0 Å². The van der Waals surface area contributed by atoms with Gasteiger partial charge in [-0.1, -0.05) is 32.0 Å². The standard InChI is InChI=1S/C26H37N7O/c1-19(2)22-17-29-33-24(22)30-26-31-25(33)28-16-21-10-4-5-11-23(21)34-14-7-3-6-13-32(26)18-20-9-8-12-27-15-20/h4-5,10-11,17,19-20,27H,3,6-9,12-16,18H2,1-2H3,(H,28,30,31). The largest absolute Gasteiger partial charge is 0.493 e. The van der Waals surface area contributed by atoms with Crippen LogP contribution in [0.5, 0.6) is 5.75 Å². The number of piperidine rings is 1. The maximum Gasteiger partial charge on any atom is 0.230 e. The Morgan fingerprint density at radius 1 is 1.12 bits per heavy atom. The predicted molar refractivity (Wildman–Crippen MR) is 136 cm³/mol. The van der Waals surface area contributed by atoms with Crippen molar-refractivity contribution in [1.82, 2.24) is 24.9 Å². The highest BCUT2D eigenvalue weighted by atomic mass is 16.5. The summed E-state index contributed by atoms with van der Waals surface area (Å²) in [7, 11) is 0. The molecule has 8 nitrogen and oxygen atoms in total. The van der Waals surface area contributed by atoms with Crippen LogP contribution < -0.4 is 20.3 Å². The molecule has 8 heteroatoms. The molecule has 1 atom stereocenters. The van der Waals surface area contributed by atoms with Crippen LogP contribution in [0.4, 0.5) is 11.9 Å². The van der Waals surface area contributed by atoms with Gasteiger partial charge in [-0.05, 0) is 63.1 Å². The molecule has 5 rings (SSSR count). The molecule has 1 fully saturated rings. The smallest absolute Gasteiger partial charge is 0.230 e. The maximum absolute atomic E-state index is 6.14. The van der Waals surface area contributed by atoms with Gasteiger partial charge in [-0.2, -0.15) is 19.6 Å². The van der Waals surface area contributed by atoms with Gasteiger partial charge in [0.25, 0.3) is 0 Å². The number of nitrogens with zero attached hydrogens (tertiary/aromatic N) is 5. The van der Waals surface area contributed by atoms with Crippen LogP contribution in [0.15, 0.2) is 30.5 Å². The Bertz CT molecular complexity index is 1090. The molecular formula is C26H37N7O. The summed E-state index contributed by atoms with van der Waals surface area (Å²) in [5.74, 6) is 3.43. The van der Waals surface area contributed by atoms with Crippen LogP contribution in [0.25, 0.3) is 5.65 Å². The van der Waals surface area contributed by atoms with Crippen LogP contribution in [0.3, 0.4) is 0 Å². The third kappa shape index (κ3) is 5.12. The van der Waals surface area contributed by atoms with E-state index in [1.54, 1.807) is 0 Å². The SMILES string of the molecule is CC(C)c1cnn2c3nc(nc12)N(CC1CCCNC1)CCCCCOc1ccccc1CN3. The molecule has 2 aliphatic rings. The van der Waals surface area contributed by atoms with Crippen molar-refractivity contribution in [3.05, 3.63) is 41.6 Å². The van der Waals surface area contributed by atoms with E-state index in [0.29, 0.717) is 18.4 Å². The molecule has 0 saturated carbocycles. The van der Waals surface area contributed by atoms with Gasteiger partial charge in [-0.15, -0.1) is 0 Å². The van der Waals surface area contributed by atoms with Crippen molar-refractivity contribution < 1.29 is 4.74 Å². The van der Waals surface area contributed by atoms with Crippen LogP contribution in [-0.4, -0.2) is 52.4 Å². The molecule has 1 aromatic carbocycles. The highest BCUT2D eigenvalue weighted by molar-refractivity contribution is 5.56. The Morgan fingerprint density at radius 3 is 2.88 bits per heavy atom. The van der Waals surface area contributed by atoms with Gasteiger partial charge in [0, 0.05) is 30.8 Å². The van der Waals surface area contributed by atoms with E-state index in [1.807, 2.05) is 16.8 Å². The van der Waals surface area contributed by atoms with Gasteiger partial charge in [0.05, 0.1) is 12.8 Å². The average molecular weight is 464 g/mol. The normalized spacial score (nSPS) is 19.9. The minimum atomic E-state index is 0.337. The molecule has 1 unspecified atom stereocenters. The van der Waals surface area contributed by atoms with Crippen molar-refractivity contribution in [2.24, 2.45) is 5.92 Å². The minimum Gasteiger partial charge on any atom is -0.493 e. The monoisotopic (exact) mass is 463 g/mol. The number of benzene rings is 1. The first kappa shape index (κ1) is 22.9. The first-order valence-corrected chi connectivity index (χ1v) is 12.8. The molecule has 0 spiro atoms. The van der Waals surface area contributed by atoms with Gasteiger partial charge >= 0.3 is 0 Å². The fraction of sp³-hybridized carbons (Fsp3) is 0.577. The van der Waals surface area contributed by atoms with Gasteiger partial charge in [0.2, 0.25) is 11.9 Å². The Morgan fingerprint density at radius 2 is 2.03 bits per heavy atom. The number of fused-ring (bicyclic) bond motifs is 5. The van der Waals surface area contributed by atoms with E-state index in [4.69, 9.17) is 14.7 Å². The van der Waals surface area contributed by atoms with E-state index in [1.165, 1.54) is 12.8 Å². The second-order valence-electron chi connectivity index (χ2n) is 9.87. The minimum absolute atomic E-state index is 0.337. The third-order valence-corrected chi connectivity index (χ3v) is 6.91. The molecule has 2 N–H and O–H groups in total. The van der Waals surface area contributed by atoms with Crippen molar-refractivity contribution >= 4 is 17.5 Å². The molecule has 4 heterocycles. The molecule has 3 aromatic rings. The predicted octanol–water partition coefficient (Wildman–Crippen LogP) is 4.23. The second-order valence-corrected chi connectivity index (χ2v) is 9.87. The number of nitrogens with one attached hydrogen (secondary N) is 2. The first-order valence-electron chi connectivity index (χ1n) is 12.8. The summed E-state index contributed by atoms with van der Waals surface area (Å²) in [6, 6.07) is 8.25. The molecular weight excluding hydrogens is 426 g/mol. The molecule has 182 valence electrons. The first-order chi connectivity index (χ1) is 16.7. The molecule has 0 aliphatic carbocycles. The summed E-state index contributed by atoms with van der Waals surface area (Å²) in [5, 5.41) is 11.8. The van der Waals surface area contributed by atoms with E-state index in [2.05, 4.69) is 52.7 Å². The summed E-state index contributed by atoms with van der Waals surface area (Å²) in [6.07, 6.45) is 7.70. The van der Waals surface area contributed by atoms with Gasteiger partial charge in [0.1, 0.15) is 5.75 Å². The molecule has 1 saturated heterocycles. The molecule has 2 aromatic heterocycles. The fourth-order valence-electron chi connectivity index (χ4n) is 4.94. The van der Waals surface area contributed by atoms with Crippen LogP contribution >= 0.6 is 0 Å². The number of para-hydroxylation sites is 1. The topological polar surface area (TPSA) is 79.6 Å². The molecule has 34 heavy (non-hydrogen) atoms. The lowest BCUT2D eigenvalue weighted by Crippen LogP contribution is -2.39. The molecule has 2 aliphatic heterocycles. The second kappa shape index (κ2) is 10.6. The third-order valence-electron chi connectivity index (χ3n) is 6.91. The average Bonchev–Trinajstić information content (AvgIpc) is 3.29. The Balaban J connectivity index is 1.54. The van der Waals surface area contributed by atoms with Crippen LogP contribution in [0, 0.1) is 5.92 Å². The number of anilines is 2. The van der Waals surface area contributed by atoms with Gasteiger partial charge in [0.15, 0.2) is 5.65 Å². The number of hydrogen-bond acceptors (Lipinski definition) is 7. The zero-order valence-electron chi connectivity index (χ0n) is 20.5. The Labute approximate surface area is 202 Å². The molecule has 0 amide bonds. The number of hydrogen-bond donors (Lipinski definition) is 2.